The van der Waals surface area contributed by atoms with Crippen LogP contribution in [-0.2, 0) is 10.5 Å². The Bertz CT molecular complexity index is 1070. The second-order valence-electron chi connectivity index (χ2n) is 6.35. The fourth-order valence-electron chi connectivity index (χ4n) is 3.27. The summed E-state index contributed by atoms with van der Waals surface area (Å²) in [5.74, 6) is -2.37. The molecule has 1 heterocycles. The summed E-state index contributed by atoms with van der Waals surface area (Å²) in [5, 5.41) is 14.0. The zero-order valence-corrected chi connectivity index (χ0v) is 14.7. The van der Waals surface area contributed by atoms with Gasteiger partial charge in [-0.15, -0.1) is 0 Å². The van der Waals surface area contributed by atoms with Crippen LogP contribution in [0.4, 0.5) is 5.69 Å². The van der Waals surface area contributed by atoms with Gasteiger partial charge in [-0.1, -0.05) is 54.6 Å². The summed E-state index contributed by atoms with van der Waals surface area (Å²) in [6.45, 7) is 0. The Kier molecular flexibility index (Phi) is 4.25. The zero-order valence-electron chi connectivity index (χ0n) is 14.7. The Balaban J connectivity index is 1.81. The van der Waals surface area contributed by atoms with E-state index in [0.717, 1.165) is 0 Å². The second-order valence-corrected chi connectivity index (χ2v) is 6.35. The molecule has 138 valence electrons. The van der Waals surface area contributed by atoms with Gasteiger partial charge in [0.25, 0.3) is 23.4 Å². The van der Waals surface area contributed by atoms with Crippen LogP contribution in [0.15, 0.2) is 84.9 Å². The third-order valence-electron chi connectivity index (χ3n) is 4.63. The van der Waals surface area contributed by atoms with Crippen molar-refractivity contribution < 1.29 is 19.5 Å². The molecule has 0 aromatic heterocycles. The van der Waals surface area contributed by atoms with E-state index in [4.69, 9.17) is 0 Å². The fourth-order valence-corrected chi connectivity index (χ4v) is 3.27. The maximum absolute atomic E-state index is 13.1. The van der Waals surface area contributed by atoms with Gasteiger partial charge in [0.2, 0.25) is 0 Å². The highest BCUT2D eigenvalue weighted by atomic mass is 16.3. The first kappa shape index (κ1) is 17.6. The lowest BCUT2D eigenvalue weighted by Gasteiger charge is -2.31. The quantitative estimate of drug-likeness (QED) is 0.692. The number of nitrogens with zero attached hydrogens (tertiary/aromatic N) is 1. The first-order valence-electron chi connectivity index (χ1n) is 8.66. The molecular formula is C22H16N2O4. The number of amides is 3. The molecule has 3 amide bonds. The van der Waals surface area contributed by atoms with E-state index in [0.29, 0.717) is 10.6 Å². The number of carbonyl (C=O) groups is 3. The lowest BCUT2D eigenvalue weighted by Crippen LogP contribution is -2.54. The summed E-state index contributed by atoms with van der Waals surface area (Å²) in [7, 11) is 0. The molecule has 3 aromatic carbocycles. The molecule has 0 spiro atoms. The molecule has 1 aliphatic rings. The van der Waals surface area contributed by atoms with Crippen LogP contribution in [0.5, 0.6) is 0 Å². The predicted molar refractivity (Wildman–Crippen MR) is 102 cm³/mol. The van der Waals surface area contributed by atoms with Gasteiger partial charge >= 0.3 is 0 Å². The standard InChI is InChI=1S/C22H16N2O4/c25-19(15-9-3-1-4-10-15)24-20(26)17-13-7-8-14-18(17)22(24,28)21(27)23-16-11-5-2-6-12-16/h1-14,28H,(H,23,27)/t22-/m0/s1. The number of benzene rings is 3. The molecule has 0 bridgehead atoms. The van der Waals surface area contributed by atoms with Crippen LogP contribution in [0.2, 0.25) is 0 Å². The SMILES string of the molecule is O=C(c1ccccc1)N1C(=O)c2ccccc2[C@]1(O)C(=O)Nc1ccccc1. The number of rotatable bonds is 3. The smallest absolute Gasteiger partial charge is 0.283 e. The molecule has 1 aliphatic heterocycles. The van der Waals surface area contributed by atoms with E-state index in [9.17, 15) is 19.5 Å². The van der Waals surface area contributed by atoms with E-state index in [-0.39, 0.29) is 16.7 Å². The predicted octanol–water partition coefficient (Wildman–Crippen LogP) is 2.77. The maximum Gasteiger partial charge on any atom is 0.283 e. The Labute approximate surface area is 161 Å². The van der Waals surface area contributed by atoms with Crippen molar-refractivity contribution in [2.24, 2.45) is 0 Å². The topological polar surface area (TPSA) is 86.7 Å². The van der Waals surface area contributed by atoms with Crippen molar-refractivity contribution in [1.29, 1.82) is 0 Å². The van der Waals surface area contributed by atoms with Crippen molar-refractivity contribution >= 4 is 23.4 Å². The molecule has 3 aromatic rings. The minimum Gasteiger partial charge on any atom is -0.359 e. The molecule has 4 rings (SSSR count). The molecule has 2 N–H and O–H groups in total. The van der Waals surface area contributed by atoms with Gasteiger partial charge < -0.3 is 10.4 Å². The summed E-state index contributed by atoms with van der Waals surface area (Å²) in [6.07, 6.45) is 0. The van der Waals surface area contributed by atoms with Crippen LogP contribution in [0, 0.1) is 0 Å². The van der Waals surface area contributed by atoms with Crippen LogP contribution in [0.25, 0.3) is 0 Å². The van der Waals surface area contributed by atoms with Crippen LogP contribution < -0.4 is 5.32 Å². The molecule has 28 heavy (non-hydrogen) atoms. The number of nitrogens with one attached hydrogen (secondary N) is 1. The number of aliphatic hydroxyl groups is 1. The van der Waals surface area contributed by atoms with Crippen LogP contribution in [0.1, 0.15) is 26.3 Å². The van der Waals surface area contributed by atoms with E-state index in [1.54, 1.807) is 60.7 Å². The summed E-state index contributed by atoms with van der Waals surface area (Å²) >= 11 is 0. The molecule has 1 atom stereocenters. The largest absolute Gasteiger partial charge is 0.359 e. The number of anilines is 1. The Morgan fingerprint density at radius 2 is 1.39 bits per heavy atom. The highest BCUT2D eigenvalue weighted by Gasteiger charge is 2.57. The number of hydrogen-bond donors (Lipinski definition) is 2. The molecule has 0 radical (unpaired) electrons. The van der Waals surface area contributed by atoms with Gasteiger partial charge in [0.1, 0.15) is 0 Å². The first-order valence-corrected chi connectivity index (χ1v) is 8.66. The Hall–Kier alpha value is -3.77. The molecule has 6 heteroatoms. The third kappa shape index (κ3) is 2.67. The molecule has 0 fully saturated rings. The number of hydrogen-bond acceptors (Lipinski definition) is 4. The number of imide groups is 1. The lowest BCUT2D eigenvalue weighted by molar-refractivity contribution is -0.147. The van der Waals surface area contributed by atoms with Gasteiger partial charge in [-0.2, -0.15) is 0 Å². The van der Waals surface area contributed by atoms with Crippen molar-refractivity contribution in [3.8, 4) is 0 Å². The van der Waals surface area contributed by atoms with Gasteiger partial charge in [0, 0.05) is 22.4 Å². The molecule has 0 saturated heterocycles. The Morgan fingerprint density at radius 3 is 2.07 bits per heavy atom. The summed E-state index contributed by atoms with van der Waals surface area (Å²) < 4.78 is 0. The van der Waals surface area contributed by atoms with Crippen molar-refractivity contribution in [2.75, 3.05) is 5.32 Å². The summed E-state index contributed by atoms with van der Waals surface area (Å²) in [4.78, 5) is 39.7. The lowest BCUT2D eigenvalue weighted by atomic mass is 10.00. The van der Waals surface area contributed by atoms with Gasteiger partial charge in [-0.05, 0) is 30.3 Å². The molecule has 0 saturated carbocycles. The Morgan fingerprint density at radius 1 is 0.821 bits per heavy atom. The van der Waals surface area contributed by atoms with E-state index < -0.39 is 23.4 Å². The van der Waals surface area contributed by atoms with Crippen molar-refractivity contribution in [3.05, 3.63) is 102 Å². The number of carbonyl (C=O) groups excluding carboxylic acids is 3. The van der Waals surface area contributed by atoms with Gasteiger partial charge in [0.05, 0.1) is 0 Å². The first-order chi connectivity index (χ1) is 13.5. The fraction of sp³-hybridized carbons (Fsp3) is 0.0455. The average Bonchev–Trinajstić information content (AvgIpc) is 2.97. The van der Waals surface area contributed by atoms with Crippen molar-refractivity contribution in [1.82, 2.24) is 4.90 Å². The highest BCUT2D eigenvalue weighted by Crippen LogP contribution is 2.39. The van der Waals surface area contributed by atoms with Crippen molar-refractivity contribution in [3.63, 3.8) is 0 Å². The molecular weight excluding hydrogens is 356 g/mol. The van der Waals surface area contributed by atoms with E-state index in [2.05, 4.69) is 5.32 Å². The summed E-state index contributed by atoms with van der Waals surface area (Å²) in [5.41, 5.74) is -1.66. The summed E-state index contributed by atoms with van der Waals surface area (Å²) in [6, 6.07) is 22.7. The number of fused-ring (bicyclic) bond motifs is 1. The molecule has 0 unspecified atom stereocenters. The average molecular weight is 372 g/mol. The third-order valence-corrected chi connectivity index (χ3v) is 4.63. The van der Waals surface area contributed by atoms with E-state index in [1.165, 1.54) is 24.3 Å². The van der Waals surface area contributed by atoms with Crippen LogP contribution in [0.3, 0.4) is 0 Å². The van der Waals surface area contributed by atoms with Gasteiger partial charge in [-0.25, -0.2) is 4.90 Å². The minimum absolute atomic E-state index is 0.0673. The van der Waals surface area contributed by atoms with E-state index >= 15 is 0 Å². The highest BCUT2D eigenvalue weighted by molar-refractivity contribution is 6.19. The molecule has 0 aliphatic carbocycles. The maximum atomic E-state index is 13.1. The van der Waals surface area contributed by atoms with Gasteiger partial charge in [0.15, 0.2) is 0 Å². The zero-order chi connectivity index (χ0) is 19.7. The second kappa shape index (κ2) is 6.75. The normalized spacial score (nSPS) is 17.9. The molecule has 6 nitrogen and oxygen atoms in total. The van der Waals surface area contributed by atoms with Gasteiger partial charge in [-0.3, -0.25) is 14.4 Å². The van der Waals surface area contributed by atoms with Crippen LogP contribution >= 0.6 is 0 Å². The monoisotopic (exact) mass is 372 g/mol. The van der Waals surface area contributed by atoms with Crippen molar-refractivity contribution in [2.45, 2.75) is 5.72 Å². The van der Waals surface area contributed by atoms with E-state index in [1.807, 2.05) is 0 Å². The number of para-hydroxylation sites is 1. The minimum atomic E-state index is -2.46. The van der Waals surface area contributed by atoms with Crippen LogP contribution in [-0.4, -0.2) is 27.7 Å².